The molecule has 1 amide bonds. The van der Waals surface area contributed by atoms with E-state index < -0.39 is 5.91 Å². The molecule has 104 valence electrons. The minimum atomic E-state index is -0.628. The molecule has 0 aliphatic carbocycles. The van der Waals surface area contributed by atoms with E-state index in [1.807, 2.05) is 24.3 Å². The molecular formula is C15H17N3O2. The molecule has 0 aliphatic rings. The Morgan fingerprint density at radius 2 is 1.80 bits per heavy atom. The van der Waals surface area contributed by atoms with Gasteiger partial charge in [-0.2, -0.15) is 0 Å². The molecule has 0 atom stereocenters. The van der Waals surface area contributed by atoms with Crippen molar-refractivity contribution >= 4 is 5.91 Å². The van der Waals surface area contributed by atoms with Crippen molar-refractivity contribution < 1.29 is 9.53 Å². The summed E-state index contributed by atoms with van der Waals surface area (Å²) < 4.78 is 5.60. The molecule has 2 aromatic rings. The maximum absolute atomic E-state index is 10.9. The van der Waals surface area contributed by atoms with Crippen molar-refractivity contribution in [2.75, 3.05) is 6.61 Å². The summed E-state index contributed by atoms with van der Waals surface area (Å²) in [6.07, 6.45) is 5.33. The minimum absolute atomic E-state index is 0.0215. The highest BCUT2D eigenvalue weighted by Crippen LogP contribution is 2.21. The first-order valence-corrected chi connectivity index (χ1v) is 6.56. The van der Waals surface area contributed by atoms with Crippen molar-refractivity contribution in [3.8, 4) is 16.9 Å². The van der Waals surface area contributed by atoms with Gasteiger partial charge in [-0.3, -0.25) is 4.79 Å². The average Bonchev–Trinajstić information content (AvgIpc) is 2.48. The van der Waals surface area contributed by atoms with Gasteiger partial charge in [0.15, 0.2) is 0 Å². The van der Waals surface area contributed by atoms with E-state index in [0.717, 1.165) is 36.3 Å². The lowest BCUT2D eigenvalue weighted by molar-refractivity contribution is 0.0990. The van der Waals surface area contributed by atoms with Gasteiger partial charge in [0.1, 0.15) is 5.75 Å². The van der Waals surface area contributed by atoms with E-state index in [2.05, 4.69) is 16.9 Å². The van der Waals surface area contributed by atoms with Crippen LogP contribution in [-0.4, -0.2) is 22.5 Å². The number of amides is 1. The van der Waals surface area contributed by atoms with E-state index in [1.54, 1.807) is 12.4 Å². The van der Waals surface area contributed by atoms with Gasteiger partial charge in [0.2, 0.25) is 5.82 Å². The molecule has 1 aromatic carbocycles. The molecule has 0 spiro atoms. The molecule has 0 bridgehead atoms. The molecule has 20 heavy (non-hydrogen) atoms. The van der Waals surface area contributed by atoms with Gasteiger partial charge in [-0.05, 0) is 24.1 Å². The van der Waals surface area contributed by atoms with Gasteiger partial charge in [0.25, 0.3) is 5.91 Å². The number of carbonyl (C=O) groups is 1. The van der Waals surface area contributed by atoms with E-state index >= 15 is 0 Å². The fraction of sp³-hybridized carbons (Fsp3) is 0.267. The van der Waals surface area contributed by atoms with Crippen LogP contribution in [0.2, 0.25) is 0 Å². The van der Waals surface area contributed by atoms with E-state index in [-0.39, 0.29) is 5.82 Å². The number of hydrogen-bond acceptors (Lipinski definition) is 4. The van der Waals surface area contributed by atoms with Crippen molar-refractivity contribution in [3.05, 3.63) is 42.5 Å². The summed E-state index contributed by atoms with van der Waals surface area (Å²) in [5.74, 6) is 0.237. The molecule has 2 N–H and O–H groups in total. The Kier molecular flexibility index (Phi) is 4.65. The third kappa shape index (κ3) is 3.54. The number of nitrogens with zero attached hydrogens (tertiary/aromatic N) is 2. The molecule has 0 aliphatic heterocycles. The summed E-state index contributed by atoms with van der Waals surface area (Å²) in [5.41, 5.74) is 6.89. The van der Waals surface area contributed by atoms with E-state index in [9.17, 15) is 4.79 Å². The van der Waals surface area contributed by atoms with Crippen LogP contribution in [0.25, 0.3) is 11.1 Å². The van der Waals surface area contributed by atoms with Gasteiger partial charge in [-0.25, -0.2) is 9.97 Å². The highest BCUT2D eigenvalue weighted by atomic mass is 16.5. The quantitative estimate of drug-likeness (QED) is 0.818. The molecule has 1 aromatic heterocycles. The molecule has 0 radical (unpaired) electrons. The third-order valence-electron chi connectivity index (χ3n) is 2.83. The molecule has 0 saturated heterocycles. The van der Waals surface area contributed by atoms with Crippen LogP contribution >= 0.6 is 0 Å². The van der Waals surface area contributed by atoms with Crippen molar-refractivity contribution in [3.63, 3.8) is 0 Å². The number of carbonyl (C=O) groups excluding carboxylic acids is 1. The predicted octanol–water partition coefficient (Wildman–Crippen LogP) is 2.42. The van der Waals surface area contributed by atoms with Crippen molar-refractivity contribution in [1.82, 2.24) is 9.97 Å². The Hall–Kier alpha value is -2.43. The molecule has 0 saturated carbocycles. The standard InChI is InChI=1S/C15H17N3O2/c1-2-3-8-20-13-6-4-11(5-7-13)12-9-17-15(14(16)19)18-10-12/h4-7,9-10H,2-3,8H2,1H3,(H2,16,19). The Labute approximate surface area is 117 Å². The van der Waals surface area contributed by atoms with Crippen molar-refractivity contribution in [2.45, 2.75) is 19.8 Å². The van der Waals surface area contributed by atoms with Crippen LogP contribution in [0.1, 0.15) is 30.4 Å². The second-order valence-electron chi connectivity index (χ2n) is 4.39. The van der Waals surface area contributed by atoms with Crippen LogP contribution in [0.15, 0.2) is 36.7 Å². The topological polar surface area (TPSA) is 78.1 Å². The van der Waals surface area contributed by atoms with Crippen LogP contribution in [0, 0.1) is 0 Å². The first kappa shape index (κ1) is 14.0. The van der Waals surface area contributed by atoms with E-state index in [4.69, 9.17) is 10.5 Å². The lowest BCUT2D eigenvalue weighted by Gasteiger charge is -2.06. The largest absolute Gasteiger partial charge is 0.494 e. The van der Waals surface area contributed by atoms with Crippen LogP contribution in [0.5, 0.6) is 5.75 Å². The zero-order valence-corrected chi connectivity index (χ0v) is 11.4. The highest BCUT2D eigenvalue weighted by molar-refractivity contribution is 5.88. The van der Waals surface area contributed by atoms with Crippen molar-refractivity contribution in [2.24, 2.45) is 5.73 Å². The lowest BCUT2D eigenvalue weighted by Crippen LogP contribution is -2.14. The third-order valence-corrected chi connectivity index (χ3v) is 2.83. The number of unbranched alkanes of at least 4 members (excludes halogenated alkanes) is 1. The van der Waals surface area contributed by atoms with Crippen molar-refractivity contribution in [1.29, 1.82) is 0 Å². The smallest absolute Gasteiger partial charge is 0.286 e. The fourth-order valence-corrected chi connectivity index (χ4v) is 1.68. The van der Waals surface area contributed by atoms with Gasteiger partial charge in [-0.15, -0.1) is 0 Å². The molecule has 1 heterocycles. The summed E-state index contributed by atoms with van der Waals surface area (Å²) in [7, 11) is 0. The highest BCUT2D eigenvalue weighted by Gasteiger charge is 2.05. The minimum Gasteiger partial charge on any atom is -0.494 e. The Morgan fingerprint density at radius 1 is 1.15 bits per heavy atom. The maximum atomic E-state index is 10.9. The molecule has 0 fully saturated rings. The maximum Gasteiger partial charge on any atom is 0.286 e. The average molecular weight is 271 g/mol. The van der Waals surface area contributed by atoms with Crippen LogP contribution < -0.4 is 10.5 Å². The SMILES string of the molecule is CCCCOc1ccc(-c2cnc(C(N)=O)nc2)cc1. The van der Waals surface area contributed by atoms with Gasteiger partial charge in [0.05, 0.1) is 6.61 Å². The molecule has 5 nitrogen and oxygen atoms in total. The Balaban J connectivity index is 2.07. The Morgan fingerprint density at radius 3 is 2.35 bits per heavy atom. The summed E-state index contributed by atoms with van der Waals surface area (Å²) in [6.45, 7) is 2.86. The first-order chi connectivity index (χ1) is 9.70. The molecular weight excluding hydrogens is 254 g/mol. The van der Waals surface area contributed by atoms with Crippen LogP contribution in [-0.2, 0) is 0 Å². The number of hydrogen-bond donors (Lipinski definition) is 1. The predicted molar refractivity (Wildman–Crippen MR) is 76.4 cm³/mol. The number of primary amides is 1. The van der Waals surface area contributed by atoms with Crippen LogP contribution in [0.3, 0.4) is 0 Å². The Bertz CT molecular complexity index is 565. The number of nitrogens with two attached hydrogens (primary N) is 1. The normalized spacial score (nSPS) is 10.2. The number of benzene rings is 1. The second-order valence-corrected chi connectivity index (χ2v) is 4.39. The van der Waals surface area contributed by atoms with Gasteiger partial charge >= 0.3 is 0 Å². The van der Waals surface area contributed by atoms with Gasteiger partial charge < -0.3 is 10.5 Å². The van der Waals surface area contributed by atoms with Gasteiger partial charge in [0, 0.05) is 18.0 Å². The fourth-order valence-electron chi connectivity index (χ4n) is 1.68. The monoisotopic (exact) mass is 271 g/mol. The number of rotatable bonds is 6. The molecule has 0 unspecified atom stereocenters. The van der Waals surface area contributed by atoms with Crippen LogP contribution in [0.4, 0.5) is 0 Å². The number of aromatic nitrogens is 2. The zero-order valence-electron chi connectivity index (χ0n) is 11.4. The molecule has 2 rings (SSSR count). The van der Waals surface area contributed by atoms with E-state index in [1.165, 1.54) is 0 Å². The number of ether oxygens (including phenoxy) is 1. The summed E-state index contributed by atoms with van der Waals surface area (Å²) in [5, 5.41) is 0. The first-order valence-electron chi connectivity index (χ1n) is 6.56. The molecule has 5 heteroatoms. The summed E-state index contributed by atoms with van der Waals surface area (Å²) >= 11 is 0. The zero-order chi connectivity index (χ0) is 14.4. The summed E-state index contributed by atoms with van der Waals surface area (Å²) in [4.78, 5) is 18.7. The lowest BCUT2D eigenvalue weighted by atomic mass is 10.1. The van der Waals surface area contributed by atoms with E-state index in [0.29, 0.717) is 0 Å². The second kappa shape index (κ2) is 6.65. The van der Waals surface area contributed by atoms with Gasteiger partial charge in [-0.1, -0.05) is 25.5 Å². The summed E-state index contributed by atoms with van der Waals surface area (Å²) in [6, 6.07) is 7.69.